The monoisotopic (exact) mass is 413 g/mol. The number of hydrogen-bond donors (Lipinski definition) is 1. The molecule has 158 valence electrons. The Morgan fingerprint density at radius 3 is 2.43 bits per heavy atom. The summed E-state index contributed by atoms with van der Waals surface area (Å²) in [7, 11) is 0. The van der Waals surface area contributed by atoms with E-state index in [0.29, 0.717) is 19.2 Å². The van der Waals surface area contributed by atoms with Crippen molar-refractivity contribution in [3.63, 3.8) is 0 Å². The fourth-order valence-electron chi connectivity index (χ4n) is 3.29. The molecule has 1 fully saturated rings. The summed E-state index contributed by atoms with van der Waals surface area (Å²) >= 11 is 0. The number of carbonyl (C=O) groups is 2. The van der Waals surface area contributed by atoms with Crippen LogP contribution in [-0.4, -0.2) is 60.9 Å². The maximum atomic E-state index is 13.6. The molecule has 7 heteroatoms. The van der Waals surface area contributed by atoms with Crippen LogP contribution in [0.3, 0.4) is 0 Å². The van der Waals surface area contributed by atoms with Gasteiger partial charge < -0.3 is 10.2 Å². The molecule has 2 amide bonds. The average Bonchev–Trinajstić information content (AvgIpc) is 2.75. The third-order valence-corrected chi connectivity index (χ3v) is 5.00. The van der Waals surface area contributed by atoms with Gasteiger partial charge in [0.15, 0.2) is 0 Å². The number of nitrogens with zero attached hydrogens (tertiary/aromatic N) is 2. The van der Waals surface area contributed by atoms with E-state index in [0.717, 1.165) is 37.3 Å². The second kappa shape index (κ2) is 10.6. The van der Waals surface area contributed by atoms with Crippen molar-refractivity contribution >= 4 is 17.9 Å². The maximum Gasteiger partial charge on any atom is 0.254 e. The van der Waals surface area contributed by atoms with Crippen molar-refractivity contribution < 1.29 is 18.4 Å². The molecule has 0 unspecified atom stereocenters. The van der Waals surface area contributed by atoms with Gasteiger partial charge in [-0.2, -0.15) is 0 Å². The second-order valence-electron chi connectivity index (χ2n) is 7.12. The highest BCUT2D eigenvalue weighted by atomic mass is 19.1. The van der Waals surface area contributed by atoms with Gasteiger partial charge in [0.1, 0.15) is 11.6 Å². The minimum absolute atomic E-state index is 0.0469. The highest BCUT2D eigenvalue weighted by molar-refractivity contribution is 5.94. The van der Waals surface area contributed by atoms with Crippen molar-refractivity contribution in [2.24, 2.45) is 0 Å². The molecule has 0 radical (unpaired) electrons. The summed E-state index contributed by atoms with van der Waals surface area (Å²) in [5.41, 5.74) is 0.926. The van der Waals surface area contributed by atoms with E-state index in [4.69, 9.17) is 0 Å². The predicted molar refractivity (Wildman–Crippen MR) is 112 cm³/mol. The fraction of sp³-hybridized carbons (Fsp3) is 0.304. The Morgan fingerprint density at radius 1 is 1.00 bits per heavy atom. The molecule has 1 saturated heterocycles. The Morgan fingerprint density at radius 2 is 1.73 bits per heavy atom. The highest BCUT2D eigenvalue weighted by Gasteiger charge is 2.20. The van der Waals surface area contributed by atoms with Crippen LogP contribution in [0, 0.1) is 11.6 Å². The molecule has 3 rings (SSSR count). The van der Waals surface area contributed by atoms with E-state index < -0.39 is 17.5 Å². The SMILES string of the molecule is O=C(NCCC(=O)N1CCN(C/C=C\c2ccccc2)CC1)c1ccc(F)cc1F. The summed E-state index contributed by atoms with van der Waals surface area (Å²) in [6.45, 7) is 3.79. The first kappa shape index (κ1) is 21.6. The van der Waals surface area contributed by atoms with E-state index >= 15 is 0 Å². The van der Waals surface area contributed by atoms with Crippen molar-refractivity contribution in [2.75, 3.05) is 39.3 Å². The van der Waals surface area contributed by atoms with Gasteiger partial charge in [-0.3, -0.25) is 14.5 Å². The highest BCUT2D eigenvalue weighted by Crippen LogP contribution is 2.10. The molecule has 5 nitrogen and oxygen atoms in total. The minimum atomic E-state index is -0.920. The number of carbonyl (C=O) groups excluding carboxylic acids is 2. The third kappa shape index (κ3) is 6.22. The van der Waals surface area contributed by atoms with Crippen molar-refractivity contribution in [2.45, 2.75) is 6.42 Å². The van der Waals surface area contributed by atoms with Gasteiger partial charge in [0.2, 0.25) is 5.91 Å². The van der Waals surface area contributed by atoms with Crippen molar-refractivity contribution in [1.82, 2.24) is 15.1 Å². The lowest BCUT2D eigenvalue weighted by Gasteiger charge is -2.34. The Hall–Kier alpha value is -3.06. The van der Waals surface area contributed by atoms with E-state index in [2.05, 4.69) is 34.5 Å². The fourth-order valence-corrected chi connectivity index (χ4v) is 3.29. The first-order valence-corrected chi connectivity index (χ1v) is 9.98. The van der Waals surface area contributed by atoms with Gasteiger partial charge >= 0.3 is 0 Å². The summed E-state index contributed by atoms with van der Waals surface area (Å²) < 4.78 is 26.5. The molecule has 1 heterocycles. The quantitative estimate of drug-likeness (QED) is 0.760. The molecule has 0 saturated carbocycles. The van der Waals surface area contributed by atoms with E-state index in [9.17, 15) is 18.4 Å². The van der Waals surface area contributed by atoms with Gasteiger partial charge in [-0.05, 0) is 17.7 Å². The molecule has 30 heavy (non-hydrogen) atoms. The number of hydrogen-bond acceptors (Lipinski definition) is 3. The van der Waals surface area contributed by atoms with E-state index in [1.54, 1.807) is 4.90 Å². The molecule has 0 spiro atoms. The summed E-state index contributed by atoms with van der Waals surface area (Å²) in [5, 5.41) is 2.51. The van der Waals surface area contributed by atoms with E-state index in [-0.39, 0.29) is 24.4 Å². The zero-order valence-electron chi connectivity index (χ0n) is 16.7. The molecule has 1 aliphatic rings. The Bertz CT molecular complexity index is 895. The smallest absolute Gasteiger partial charge is 0.254 e. The second-order valence-corrected chi connectivity index (χ2v) is 7.12. The van der Waals surface area contributed by atoms with Gasteiger partial charge in [-0.1, -0.05) is 42.5 Å². The zero-order chi connectivity index (χ0) is 21.3. The van der Waals surface area contributed by atoms with Crippen LogP contribution in [0.5, 0.6) is 0 Å². The lowest BCUT2D eigenvalue weighted by Crippen LogP contribution is -2.49. The molecular weight excluding hydrogens is 388 g/mol. The third-order valence-electron chi connectivity index (χ3n) is 5.00. The van der Waals surface area contributed by atoms with Crippen LogP contribution in [0.15, 0.2) is 54.6 Å². The number of benzene rings is 2. The van der Waals surface area contributed by atoms with Crippen molar-refractivity contribution in [1.29, 1.82) is 0 Å². The number of amides is 2. The maximum absolute atomic E-state index is 13.6. The van der Waals surface area contributed by atoms with Crippen LogP contribution in [-0.2, 0) is 4.79 Å². The number of rotatable bonds is 7. The molecule has 1 N–H and O–H groups in total. The normalized spacial score (nSPS) is 14.8. The average molecular weight is 413 g/mol. The van der Waals surface area contributed by atoms with Crippen molar-refractivity contribution in [3.05, 3.63) is 77.4 Å². The Kier molecular flexibility index (Phi) is 7.68. The summed E-state index contributed by atoms with van der Waals surface area (Å²) in [5.74, 6) is -2.37. The first-order valence-electron chi connectivity index (χ1n) is 9.98. The molecule has 0 aliphatic carbocycles. The van der Waals surface area contributed by atoms with Crippen LogP contribution in [0.1, 0.15) is 22.3 Å². The van der Waals surface area contributed by atoms with Crippen LogP contribution in [0.4, 0.5) is 8.78 Å². The molecule has 1 aliphatic heterocycles. The molecule has 2 aromatic carbocycles. The standard InChI is InChI=1S/C23H25F2N3O2/c24-19-8-9-20(21(25)17-19)23(30)26-11-10-22(29)28-15-13-27(14-16-28)12-4-7-18-5-2-1-3-6-18/h1-9,17H,10-16H2,(H,26,30)/b7-4-. The van der Waals surface area contributed by atoms with Gasteiger partial charge in [0, 0.05) is 51.8 Å². The van der Waals surface area contributed by atoms with Crippen LogP contribution in [0.2, 0.25) is 0 Å². The summed E-state index contributed by atoms with van der Waals surface area (Å²) in [4.78, 5) is 28.4. The minimum Gasteiger partial charge on any atom is -0.351 e. The Balaban J connectivity index is 1.36. The topological polar surface area (TPSA) is 52.7 Å². The summed E-state index contributed by atoms with van der Waals surface area (Å²) in [6, 6.07) is 12.9. The molecular formula is C23H25F2N3O2. The number of nitrogens with one attached hydrogen (secondary N) is 1. The van der Waals surface area contributed by atoms with Crippen LogP contribution >= 0.6 is 0 Å². The first-order chi connectivity index (χ1) is 14.5. The van der Waals surface area contributed by atoms with Gasteiger partial charge in [0.25, 0.3) is 5.91 Å². The molecule has 0 aromatic heterocycles. The summed E-state index contributed by atoms with van der Waals surface area (Å²) in [6.07, 6.45) is 4.35. The van der Waals surface area contributed by atoms with Crippen LogP contribution < -0.4 is 5.32 Å². The van der Waals surface area contributed by atoms with Crippen LogP contribution in [0.25, 0.3) is 6.08 Å². The van der Waals surface area contributed by atoms with Gasteiger partial charge in [0.05, 0.1) is 5.56 Å². The Labute approximate surface area is 175 Å². The zero-order valence-corrected chi connectivity index (χ0v) is 16.7. The van der Waals surface area contributed by atoms with E-state index in [1.165, 1.54) is 0 Å². The number of piperazine rings is 1. The molecule has 0 atom stereocenters. The molecule has 2 aromatic rings. The van der Waals surface area contributed by atoms with Crippen molar-refractivity contribution in [3.8, 4) is 0 Å². The van der Waals surface area contributed by atoms with Gasteiger partial charge in [-0.15, -0.1) is 0 Å². The largest absolute Gasteiger partial charge is 0.351 e. The molecule has 0 bridgehead atoms. The lowest BCUT2D eigenvalue weighted by molar-refractivity contribution is -0.132. The van der Waals surface area contributed by atoms with E-state index in [1.807, 2.05) is 18.2 Å². The predicted octanol–water partition coefficient (Wildman–Crippen LogP) is 2.94. The van der Waals surface area contributed by atoms with Gasteiger partial charge in [-0.25, -0.2) is 8.78 Å². The number of halogens is 2. The lowest BCUT2D eigenvalue weighted by atomic mass is 10.2.